The summed E-state index contributed by atoms with van der Waals surface area (Å²) >= 11 is 0. The highest BCUT2D eigenvalue weighted by atomic mass is 16.2. The van der Waals surface area contributed by atoms with Crippen LogP contribution in [0.1, 0.15) is 65.2 Å². The summed E-state index contributed by atoms with van der Waals surface area (Å²) in [7, 11) is 1.88. The minimum Gasteiger partial charge on any atom is -0.341 e. The third-order valence-corrected chi connectivity index (χ3v) is 4.17. The highest BCUT2D eigenvalue weighted by molar-refractivity contribution is 5.85. The van der Waals surface area contributed by atoms with Gasteiger partial charge in [0.05, 0.1) is 6.07 Å². The Balaban J connectivity index is 2.83. The summed E-state index contributed by atoms with van der Waals surface area (Å²) in [6.07, 6.45) is 7.77. The number of amides is 1. The van der Waals surface area contributed by atoms with Crippen LogP contribution >= 0.6 is 0 Å². The molecule has 0 aromatic carbocycles. The summed E-state index contributed by atoms with van der Waals surface area (Å²) in [5.74, 6) is 0.0561. The molecule has 1 aliphatic carbocycles. The molecule has 3 nitrogen and oxygen atoms in total. The van der Waals surface area contributed by atoms with E-state index in [9.17, 15) is 10.1 Å². The van der Waals surface area contributed by atoms with Crippen LogP contribution in [0.3, 0.4) is 0 Å². The minimum absolute atomic E-state index is 0.0561. The van der Waals surface area contributed by atoms with Gasteiger partial charge in [-0.05, 0) is 25.7 Å². The van der Waals surface area contributed by atoms with E-state index in [-0.39, 0.29) is 5.91 Å². The van der Waals surface area contributed by atoms with Crippen LogP contribution in [0, 0.1) is 16.7 Å². The first-order chi connectivity index (χ1) is 8.61. The second-order valence-corrected chi connectivity index (χ2v) is 5.55. The van der Waals surface area contributed by atoms with Gasteiger partial charge >= 0.3 is 0 Å². The van der Waals surface area contributed by atoms with E-state index in [4.69, 9.17) is 0 Å². The molecular formula is C15H26N2O. The van der Waals surface area contributed by atoms with Gasteiger partial charge in [-0.1, -0.05) is 39.5 Å². The van der Waals surface area contributed by atoms with E-state index in [0.717, 1.165) is 25.7 Å². The fourth-order valence-corrected chi connectivity index (χ4v) is 3.15. The Hall–Kier alpha value is -1.04. The van der Waals surface area contributed by atoms with Gasteiger partial charge in [0.15, 0.2) is 0 Å². The van der Waals surface area contributed by atoms with Crippen LogP contribution < -0.4 is 0 Å². The molecule has 0 unspecified atom stereocenters. The van der Waals surface area contributed by atoms with Crippen molar-refractivity contribution in [3.05, 3.63) is 0 Å². The zero-order valence-electron chi connectivity index (χ0n) is 12.0. The lowest BCUT2D eigenvalue weighted by molar-refractivity contribution is -0.140. The molecule has 0 aromatic rings. The predicted octanol–water partition coefficient (Wildman–Crippen LogP) is 3.50. The van der Waals surface area contributed by atoms with Gasteiger partial charge in [0, 0.05) is 13.1 Å². The third kappa shape index (κ3) is 3.04. The first-order valence-corrected chi connectivity index (χ1v) is 7.29. The highest BCUT2D eigenvalue weighted by Gasteiger charge is 2.41. The second-order valence-electron chi connectivity index (χ2n) is 5.55. The molecule has 0 aromatic heterocycles. The predicted molar refractivity (Wildman–Crippen MR) is 72.9 cm³/mol. The van der Waals surface area contributed by atoms with Crippen molar-refractivity contribution in [1.82, 2.24) is 4.90 Å². The van der Waals surface area contributed by atoms with Crippen LogP contribution in [0.4, 0.5) is 0 Å². The van der Waals surface area contributed by atoms with Crippen molar-refractivity contribution >= 4 is 5.91 Å². The minimum atomic E-state index is -0.777. The second kappa shape index (κ2) is 6.78. The summed E-state index contributed by atoms with van der Waals surface area (Å²) in [5.41, 5.74) is -0.777. The van der Waals surface area contributed by atoms with E-state index in [1.165, 1.54) is 12.8 Å². The smallest absolute Gasteiger partial charge is 0.243 e. The number of carbonyl (C=O) groups is 1. The molecule has 0 aliphatic heterocycles. The topological polar surface area (TPSA) is 44.1 Å². The maximum Gasteiger partial charge on any atom is 0.243 e. The molecule has 3 heteroatoms. The van der Waals surface area contributed by atoms with Crippen LogP contribution in [0.15, 0.2) is 0 Å². The zero-order valence-corrected chi connectivity index (χ0v) is 12.0. The first-order valence-electron chi connectivity index (χ1n) is 7.29. The van der Waals surface area contributed by atoms with Crippen LogP contribution in [0.25, 0.3) is 0 Å². The van der Waals surface area contributed by atoms with Gasteiger partial charge in [-0.2, -0.15) is 5.26 Å². The van der Waals surface area contributed by atoms with Gasteiger partial charge in [-0.15, -0.1) is 0 Å². The SMILES string of the molecule is CCCC(C#N)(CCC)C(=O)N(C)C1CCCC1. The first kappa shape index (κ1) is 15.0. The van der Waals surface area contributed by atoms with Crippen molar-refractivity contribution < 1.29 is 4.79 Å². The van der Waals surface area contributed by atoms with Crippen LogP contribution in [0.2, 0.25) is 0 Å². The lowest BCUT2D eigenvalue weighted by Crippen LogP contribution is -2.45. The van der Waals surface area contributed by atoms with E-state index < -0.39 is 5.41 Å². The van der Waals surface area contributed by atoms with Crippen molar-refractivity contribution in [3.63, 3.8) is 0 Å². The van der Waals surface area contributed by atoms with Crippen molar-refractivity contribution in [2.24, 2.45) is 5.41 Å². The molecule has 0 saturated heterocycles. The molecule has 18 heavy (non-hydrogen) atoms. The molecule has 1 aliphatic rings. The molecule has 0 N–H and O–H groups in total. The van der Waals surface area contributed by atoms with Crippen LogP contribution in [-0.2, 0) is 4.79 Å². The van der Waals surface area contributed by atoms with Gasteiger partial charge in [0.25, 0.3) is 0 Å². The van der Waals surface area contributed by atoms with E-state index in [0.29, 0.717) is 18.9 Å². The monoisotopic (exact) mass is 250 g/mol. The van der Waals surface area contributed by atoms with Gasteiger partial charge in [0.1, 0.15) is 5.41 Å². The summed E-state index contributed by atoms with van der Waals surface area (Å²) < 4.78 is 0. The van der Waals surface area contributed by atoms with Crippen molar-refractivity contribution in [1.29, 1.82) is 5.26 Å². The highest BCUT2D eigenvalue weighted by Crippen LogP contribution is 2.34. The average Bonchev–Trinajstić information content (AvgIpc) is 2.90. The molecule has 1 amide bonds. The Morgan fingerprint density at radius 3 is 2.17 bits per heavy atom. The number of hydrogen-bond acceptors (Lipinski definition) is 2. The number of nitrogens with zero attached hydrogens (tertiary/aromatic N) is 2. The fourth-order valence-electron chi connectivity index (χ4n) is 3.15. The molecule has 1 fully saturated rings. The molecular weight excluding hydrogens is 224 g/mol. The number of carbonyl (C=O) groups excluding carboxylic acids is 1. The molecule has 1 saturated carbocycles. The molecule has 0 spiro atoms. The largest absolute Gasteiger partial charge is 0.341 e. The normalized spacial score (nSPS) is 16.6. The molecule has 1 rings (SSSR count). The van der Waals surface area contributed by atoms with E-state index >= 15 is 0 Å². The van der Waals surface area contributed by atoms with Crippen molar-refractivity contribution in [2.75, 3.05) is 7.05 Å². The van der Waals surface area contributed by atoms with E-state index in [2.05, 4.69) is 6.07 Å². The van der Waals surface area contributed by atoms with Gasteiger partial charge in [-0.3, -0.25) is 4.79 Å². The quantitative estimate of drug-likeness (QED) is 0.724. The summed E-state index contributed by atoms with van der Waals surface area (Å²) in [4.78, 5) is 14.5. The molecule has 0 radical (unpaired) electrons. The Labute approximate surface area is 111 Å². The maximum absolute atomic E-state index is 12.7. The lowest BCUT2D eigenvalue weighted by Gasteiger charge is -2.33. The number of rotatable bonds is 6. The molecule has 0 heterocycles. The zero-order chi connectivity index (χ0) is 13.6. The average molecular weight is 250 g/mol. The third-order valence-electron chi connectivity index (χ3n) is 4.17. The molecule has 0 atom stereocenters. The fraction of sp³-hybridized carbons (Fsp3) is 0.867. The van der Waals surface area contributed by atoms with Crippen LogP contribution in [0.5, 0.6) is 0 Å². The Morgan fingerprint density at radius 2 is 1.78 bits per heavy atom. The summed E-state index contributed by atoms with van der Waals surface area (Å²) in [6, 6.07) is 2.69. The van der Waals surface area contributed by atoms with Crippen molar-refractivity contribution in [2.45, 2.75) is 71.3 Å². The van der Waals surface area contributed by atoms with Gasteiger partial charge in [0.2, 0.25) is 5.91 Å². The standard InChI is InChI=1S/C15H26N2O/c1-4-10-15(12-16,11-5-2)14(18)17(3)13-8-6-7-9-13/h13H,4-11H2,1-3H3. The Morgan fingerprint density at radius 1 is 1.28 bits per heavy atom. The van der Waals surface area contributed by atoms with Crippen molar-refractivity contribution in [3.8, 4) is 6.07 Å². The summed E-state index contributed by atoms with van der Waals surface area (Å²) in [6.45, 7) is 4.09. The Bertz CT molecular complexity index is 307. The van der Waals surface area contributed by atoms with E-state index in [1.54, 1.807) is 0 Å². The number of nitriles is 1. The van der Waals surface area contributed by atoms with Gasteiger partial charge < -0.3 is 4.90 Å². The lowest BCUT2D eigenvalue weighted by atomic mass is 9.79. The molecule has 0 bridgehead atoms. The number of hydrogen-bond donors (Lipinski definition) is 0. The molecule has 102 valence electrons. The van der Waals surface area contributed by atoms with Gasteiger partial charge in [-0.25, -0.2) is 0 Å². The Kier molecular flexibility index (Phi) is 5.65. The van der Waals surface area contributed by atoms with Crippen LogP contribution in [-0.4, -0.2) is 23.9 Å². The maximum atomic E-state index is 12.7. The summed E-state index contributed by atoms with van der Waals surface area (Å²) in [5, 5.41) is 9.50. The van der Waals surface area contributed by atoms with E-state index in [1.807, 2.05) is 25.8 Å².